The molecule has 0 saturated carbocycles. The number of quaternary nitrogens is 1. The smallest absolute Gasteiger partial charge is 0.279 e. The minimum absolute atomic E-state index is 0.108. The number of carbonyl (C=O) groups excluding carboxylic acids is 2. The van der Waals surface area contributed by atoms with Crippen molar-refractivity contribution in [2.24, 2.45) is 0 Å². The maximum atomic E-state index is 12.4. The summed E-state index contributed by atoms with van der Waals surface area (Å²) >= 11 is 5.84. The fraction of sp³-hybridized carbons (Fsp3) is 0.333. The zero-order valence-corrected chi connectivity index (χ0v) is 17.0. The van der Waals surface area contributed by atoms with Crippen LogP contribution in [0.5, 0.6) is 0 Å². The molecule has 144 valence electrons. The summed E-state index contributed by atoms with van der Waals surface area (Å²) in [7, 11) is 1.82. The number of hydrogen-bond donors (Lipinski definition) is 3. The van der Waals surface area contributed by atoms with Gasteiger partial charge in [-0.05, 0) is 48.2 Å². The normalized spacial score (nSPS) is 11.9. The molecule has 1 unspecified atom stereocenters. The summed E-state index contributed by atoms with van der Waals surface area (Å²) in [6.07, 6.45) is 0. The summed E-state index contributed by atoms with van der Waals surface area (Å²) in [6, 6.07) is 12.9. The molecule has 3 N–H and O–H groups in total. The van der Waals surface area contributed by atoms with E-state index in [1.54, 1.807) is 24.3 Å². The molecular formula is C21H27ClN3O2+. The van der Waals surface area contributed by atoms with Crippen LogP contribution in [0.2, 0.25) is 5.02 Å². The highest BCUT2D eigenvalue weighted by molar-refractivity contribution is 6.30. The summed E-state index contributed by atoms with van der Waals surface area (Å²) in [4.78, 5) is 25.4. The van der Waals surface area contributed by atoms with Crippen molar-refractivity contribution in [1.82, 2.24) is 0 Å². The fourth-order valence-electron chi connectivity index (χ4n) is 2.88. The third-order valence-corrected chi connectivity index (χ3v) is 4.50. The first-order valence-corrected chi connectivity index (χ1v) is 9.40. The third-order valence-electron chi connectivity index (χ3n) is 4.24. The van der Waals surface area contributed by atoms with Gasteiger partial charge in [0, 0.05) is 16.4 Å². The van der Waals surface area contributed by atoms with E-state index in [1.165, 1.54) is 0 Å². The lowest BCUT2D eigenvalue weighted by molar-refractivity contribution is -0.862. The van der Waals surface area contributed by atoms with E-state index in [0.717, 1.165) is 21.7 Å². The molecule has 0 aliphatic rings. The monoisotopic (exact) mass is 388 g/mol. The molecule has 0 radical (unpaired) electrons. The molecule has 2 aromatic carbocycles. The maximum Gasteiger partial charge on any atom is 0.279 e. The van der Waals surface area contributed by atoms with Crippen LogP contribution in [0.3, 0.4) is 0 Å². The molecule has 0 spiro atoms. The van der Waals surface area contributed by atoms with Crippen LogP contribution >= 0.6 is 11.6 Å². The Morgan fingerprint density at radius 2 is 1.59 bits per heavy atom. The topological polar surface area (TPSA) is 62.6 Å². The van der Waals surface area contributed by atoms with E-state index in [1.807, 2.05) is 32.2 Å². The second kappa shape index (κ2) is 9.53. The molecule has 1 atom stereocenters. The Labute approximate surface area is 165 Å². The van der Waals surface area contributed by atoms with Crippen molar-refractivity contribution in [3.8, 4) is 0 Å². The molecule has 0 aliphatic heterocycles. The van der Waals surface area contributed by atoms with Crippen LogP contribution in [0.25, 0.3) is 0 Å². The Balaban J connectivity index is 1.90. The van der Waals surface area contributed by atoms with Gasteiger partial charge in [-0.25, -0.2) is 0 Å². The number of carbonyl (C=O) groups is 2. The second-order valence-electron chi connectivity index (χ2n) is 7.11. The van der Waals surface area contributed by atoms with Gasteiger partial charge in [-0.15, -0.1) is 0 Å². The van der Waals surface area contributed by atoms with Gasteiger partial charge in [0.2, 0.25) is 0 Å². The maximum absolute atomic E-state index is 12.4. The Kier molecular flexibility index (Phi) is 7.39. The van der Waals surface area contributed by atoms with Crippen LogP contribution in [0, 0.1) is 6.92 Å². The summed E-state index contributed by atoms with van der Waals surface area (Å²) in [5.41, 5.74) is 3.70. The van der Waals surface area contributed by atoms with Gasteiger partial charge < -0.3 is 15.5 Å². The molecule has 2 rings (SSSR count). The Morgan fingerprint density at radius 1 is 1.00 bits per heavy atom. The van der Waals surface area contributed by atoms with Gasteiger partial charge in [-0.3, -0.25) is 9.59 Å². The molecule has 5 nitrogen and oxygen atoms in total. The molecule has 2 aromatic rings. The highest BCUT2D eigenvalue weighted by atomic mass is 35.5. The highest BCUT2D eigenvalue weighted by Crippen LogP contribution is 2.27. The molecule has 0 heterocycles. The van der Waals surface area contributed by atoms with E-state index in [4.69, 9.17) is 11.6 Å². The Morgan fingerprint density at radius 3 is 2.19 bits per heavy atom. The quantitative estimate of drug-likeness (QED) is 0.683. The number of aryl methyl sites for hydroxylation is 1. The fourth-order valence-corrected chi connectivity index (χ4v) is 3.00. The third kappa shape index (κ3) is 6.38. The van der Waals surface area contributed by atoms with Crippen LogP contribution in [-0.2, 0) is 9.59 Å². The first-order chi connectivity index (χ1) is 12.8. The van der Waals surface area contributed by atoms with E-state index in [-0.39, 0.29) is 24.9 Å². The van der Waals surface area contributed by atoms with E-state index in [9.17, 15) is 9.59 Å². The van der Waals surface area contributed by atoms with Crippen LogP contribution < -0.4 is 15.5 Å². The molecule has 2 amide bonds. The zero-order chi connectivity index (χ0) is 20.0. The van der Waals surface area contributed by atoms with E-state index in [2.05, 4.69) is 24.5 Å². The predicted octanol–water partition coefficient (Wildman–Crippen LogP) is 2.86. The summed E-state index contributed by atoms with van der Waals surface area (Å²) in [5, 5.41) is 6.44. The Bertz CT molecular complexity index is 804. The number of halogens is 1. The van der Waals surface area contributed by atoms with Crippen LogP contribution in [-0.4, -0.2) is 32.0 Å². The van der Waals surface area contributed by atoms with E-state index in [0.29, 0.717) is 16.6 Å². The molecule has 0 aromatic heterocycles. The highest BCUT2D eigenvalue weighted by Gasteiger charge is 2.17. The van der Waals surface area contributed by atoms with Crippen molar-refractivity contribution in [2.75, 3.05) is 30.8 Å². The summed E-state index contributed by atoms with van der Waals surface area (Å²) in [5.74, 6) is 0.0554. The predicted molar refractivity (Wildman–Crippen MR) is 111 cm³/mol. The molecule has 0 saturated heterocycles. The van der Waals surface area contributed by atoms with Crippen molar-refractivity contribution in [3.63, 3.8) is 0 Å². The minimum Gasteiger partial charge on any atom is -0.322 e. The van der Waals surface area contributed by atoms with E-state index >= 15 is 0 Å². The number of nitrogens with one attached hydrogen (secondary N) is 3. The van der Waals surface area contributed by atoms with Crippen molar-refractivity contribution in [1.29, 1.82) is 0 Å². The number of hydrogen-bond acceptors (Lipinski definition) is 2. The number of benzene rings is 2. The molecule has 0 aliphatic carbocycles. The Hall–Kier alpha value is -2.37. The number of anilines is 2. The lowest BCUT2D eigenvalue weighted by atomic mass is 9.98. The van der Waals surface area contributed by atoms with Gasteiger partial charge >= 0.3 is 0 Å². The van der Waals surface area contributed by atoms with Crippen LogP contribution in [0.4, 0.5) is 11.4 Å². The first kappa shape index (κ1) is 20.9. The second-order valence-corrected chi connectivity index (χ2v) is 7.54. The van der Waals surface area contributed by atoms with Gasteiger partial charge in [0.05, 0.1) is 7.05 Å². The summed E-state index contributed by atoms with van der Waals surface area (Å²) < 4.78 is 0. The number of rotatable bonds is 7. The van der Waals surface area contributed by atoms with Gasteiger partial charge in [-0.1, -0.05) is 43.6 Å². The van der Waals surface area contributed by atoms with Crippen LogP contribution in [0.15, 0.2) is 42.5 Å². The van der Waals surface area contributed by atoms with Gasteiger partial charge in [-0.2, -0.15) is 0 Å². The number of para-hydroxylation sites is 1. The zero-order valence-electron chi connectivity index (χ0n) is 16.2. The minimum atomic E-state index is -0.151. The van der Waals surface area contributed by atoms with Crippen LogP contribution in [0.1, 0.15) is 30.9 Å². The summed E-state index contributed by atoms with van der Waals surface area (Å²) in [6.45, 7) is 6.59. The van der Waals surface area contributed by atoms with Crippen molar-refractivity contribution in [2.45, 2.75) is 26.7 Å². The number of amides is 2. The average Bonchev–Trinajstić information content (AvgIpc) is 2.58. The van der Waals surface area contributed by atoms with Crippen molar-refractivity contribution >= 4 is 34.8 Å². The van der Waals surface area contributed by atoms with Crippen molar-refractivity contribution < 1.29 is 14.5 Å². The van der Waals surface area contributed by atoms with Gasteiger partial charge in [0.1, 0.15) is 0 Å². The lowest BCUT2D eigenvalue weighted by Gasteiger charge is -2.18. The van der Waals surface area contributed by atoms with Gasteiger partial charge in [0.25, 0.3) is 11.8 Å². The average molecular weight is 389 g/mol. The van der Waals surface area contributed by atoms with Gasteiger partial charge in [0.15, 0.2) is 13.1 Å². The first-order valence-electron chi connectivity index (χ1n) is 9.02. The lowest BCUT2D eigenvalue weighted by Crippen LogP contribution is -3.11. The SMILES string of the molecule is Cc1cccc(C(C)C)c1NC(=O)C[NH+](C)CC(=O)Nc1ccc(Cl)cc1. The molecule has 6 heteroatoms. The molecule has 0 fully saturated rings. The van der Waals surface area contributed by atoms with E-state index < -0.39 is 0 Å². The number of likely N-dealkylation sites (N-methyl/N-ethyl adjacent to an activating group) is 1. The van der Waals surface area contributed by atoms with Crippen molar-refractivity contribution in [3.05, 3.63) is 58.6 Å². The largest absolute Gasteiger partial charge is 0.322 e. The standard InChI is InChI=1S/C21H26ClN3O2/c1-14(2)18-7-5-6-15(3)21(18)24-20(27)13-25(4)12-19(26)23-17-10-8-16(22)9-11-17/h5-11,14H,12-13H2,1-4H3,(H,23,26)(H,24,27)/p+1. The molecule has 27 heavy (non-hydrogen) atoms. The molecule has 0 bridgehead atoms. The molecular weight excluding hydrogens is 362 g/mol.